The van der Waals surface area contributed by atoms with Gasteiger partial charge in [0, 0.05) is 18.8 Å². The van der Waals surface area contributed by atoms with Gasteiger partial charge in [-0.15, -0.1) is 0 Å². The van der Waals surface area contributed by atoms with Crippen LogP contribution in [0.2, 0.25) is 0 Å². The van der Waals surface area contributed by atoms with Crippen LogP contribution in [0, 0.1) is 6.92 Å². The molecule has 3 rings (SSSR count). The van der Waals surface area contributed by atoms with E-state index in [4.69, 9.17) is 4.74 Å². The minimum Gasteiger partial charge on any atom is -0.481 e. The van der Waals surface area contributed by atoms with Gasteiger partial charge in [0.25, 0.3) is 5.91 Å². The van der Waals surface area contributed by atoms with Crippen molar-refractivity contribution in [2.75, 3.05) is 18.4 Å². The SMILES string of the molecule is Cc1ccc(O[C@H](C)C(=O)Nc2ccc(S(=O)(=O)N3CCCCCC3)cc2)cc1. The van der Waals surface area contributed by atoms with E-state index in [0.29, 0.717) is 24.5 Å². The molecule has 2 aromatic carbocycles. The van der Waals surface area contributed by atoms with E-state index >= 15 is 0 Å². The van der Waals surface area contributed by atoms with Crippen molar-refractivity contribution in [1.29, 1.82) is 0 Å². The summed E-state index contributed by atoms with van der Waals surface area (Å²) < 4.78 is 32.9. The molecule has 156 valence electrons. The molecule has 1 aliphatic heterocycles. The van der Waals surface area contributed by atoms with E-state index in [0.717, 1.165) is 31.2 Å². The number of rotatable bonds is 6. The van der Waals surface area contributed by atoms with E-state index < -0.39 is 16.1 Å². The molecule has 0 unspecified atom stereocenters. The lowest BCUT2D eigenvalue weighted by Gasteiger charge is -2.20. The molecule has 6 nitrogen and oxygen atoms in total. The zero-order valence-electron chi connectivity index (χ0n) is 16.9. The molecule has 0 spiro atoms. The summed E-state index contributed by atoms with van der Waals surface area (Å²) in [6.45, 7) is 4.79. The van der Waals surface area contributed by atoms with Gasteiger partial charge in [-0.05, 0) is 63.1 Å². The number of hydrogen-bond donors (Lipinski definition) is 1. The van der Waals surface area contributed by atoms with E-state index in [1.807, 2.05) is 31.2 Å². The minimum absolute atomic E-state index is 0.251. The lowest BCUT2D eigenvalue weighted by molar-refractivity contribution is -0.122. The molecule has 1 atom stereocenters. The van der Waals surface area contributed by atoms with E-state index in [2.05, 4.69) is 5.32 Å². The predicted octanol–water partition coefficient (Wildman–Crippen LogP) is 3.97. The second kappa shape index (κ2) is 9.41. The number of nitrogens with one attached hydrogen (secondary N) is 1. The maximum atomic E-state index is 12.8. The van der Waals surface area contributed by atoms with Crippen LogP contribution in [-0.4, -0.2) is 37.8 Å². The number of sulfonamides is 1. The molecule has 7 heteroatoms. The third-order valence-corrected chi connectivity index (χ3v) is 6.94. The summed E-state index contributed by atoms with van der Waals surface area (Å²) in [6, 6.07) is 13.8. The first kappa shape index (κ1) is 21.3. The predicted molar refractivity (Wildman–Crippen MR) is 114 cm³/mol. The zero-order chi connectivity index (χ0) is 20.9. The fourth-order valence-corrected chi connectivity index (χ4v) is 4.78. The fraction of sp³-hybridized carbons (Fsp3) is 0.409. The topological polar surface area (TPSA) is 75.7 Å². The van der Waals surface area contributed by atoms with Crippen LogP contribution >= 0.6 is 0 Å². The van der Waals surface area contributed by atoms with Gasteiger partial charge in [-0.1, -0.05) is 30.5 Å². The van der Waals surface area contributed by atoms with Crippen molar-refractivity contribution in [1.82, 2.24) is 4.31 Å². The summed E-state index contributed by atoms with van der Waals surface area (Å²) >= 11 is 0. The highest BCUT2D eigenvalue weighted by atomic mass is 32.2. The summed E-state index contributed by atoms with van der Waals surface area (Å²) in [5.74, 6) is 0.325. The number of nitrogens with zero attached hydrogens (tertiary/aromatic N) is 1. The van der Waals surface area contributed by atoms with Crippen LogP contribution in [0.25, 0.3) is 0 Å². The van der Waals surface area contributed by atoms with Crippen LogP contribution in [0.3, 0.4) is 0 Å². The van der Waals surface area contributed by atoms with Gasteiger partial charge in [0.2, 0.25) is 10.0 Å². The van der Waals surface area contributed by atoms with Crippen molar-refractivity contribution in [3.63, 3.8) is 0 Å². The van der Waals surface area contributed by atoms with Crippen molar-refractivity contribution >= 4 is 21.6 Å². The number of amides is 1. The molecule has 1 aliphatic rings. The van der Waals surface area contributed by atoms with Crippen LogP contribution in [0.4, 0.5) is 5.69 Å². The van der Waals surface area contributed by atoms with Crippen LogP contribution < -0.4 is 10.1 Å². The lowest BCUT2D eigenvalue weighted by atomic mass is 10.2. The first-order valence-corrected chi connectivity index (χ1v) is 11.4. The number of carbonyl (C=O) groups excluding carboxylic acids is 1. The first-order valence-electron chi connectivity index (χ1n) is 10.0. The standard InChI is InChI=1S/C22H28N2O4S/c1-17-7-11-20(12-8-17)28-18(2)22(25)23-19-9-13-21(14-10-19)29(26,27)24-15-5-3-4-6-16-24/h7-14,18H,3-6,15-16H2,1-2H3,(H,23,25)/t18-/m1/s1. The van der Waals surface area contributed by atoms with Crippen LogP contribution in [-0.2, 0) is 14.8 Å². The summed E-state index contributed by atoms with van der Waals surface area (Å²) in [5, 5.41) is 2.77. The van der Waals surface area contributed by atoms with Gasteiger partial charge in [0.15, 0.2) is 6.10 Å². The Hall–Kier alpha value is -2.38. The number of hydrogen-bond acceptors (Lipinski definition) is 4. The second-order valence-corrected chi connectivity index (χ2v) is 9.34. The second-order valence-electron chi connectivity index (χ2n) is 7.41. The highest BCUT2D eigenvalue weighted by molar-refractivity contribution is 7.89. The quantitative estimate of drug-likeness (QED) is 0.773. The van der Waals surface area contributed by atoms with E-state index in [1.54, 1.807) is 35.5 Å². The third kappa shape index (κ3) is 5.58. The number of carbonyl (C=O) groups is 1. The highest BCUT2D eigenvalue weighted by Crippen LogP contribution is 2.22. The summed E-state index contributed by atoms with van der Waals surface area (Å²) in [7, 11) is -3.50. The number of benzene rings is 2. The Kier molecular flexibility index (Phi) is 6.92. The van der Waals surface area contributed by atoms with Crippen molar-refractivity contribution < 1.29 is 17.9 Å². The molecule has 29 heavy (non-hydrogen) atoms. The van der Waals surface area contributed by atoms with Gasteiger partial charge in [-0.25, -0.2) is 8.42 Å². The van der Waals surface area contributed by atoms with Crippen molar-refractivity contribution in [3.05, 3.63) is 54.1 Å². The van der Waals surface area contributed by atoms with Gasteiger partial charge in [0.05, 0.1) is 4.90 Å². The van der Waals surface area contributed by atoms with E-state index in [1.165, 1.54) is 0 Å². The fourth-order valence-electron chi connectivity index (χ4n) is 3.26. The molecule has 0 aromatic heterocycles. The summed E-state index contributed by atoms with van der Waals surface area (Å²) in [5.41, 5.74) is 1.65. The molecule has 0 bridgehead atoms. The summed E-state index contributed by atoms with van der Waals surface area (Å²) in [4.78, 5) is 12.6. The molecule has 1 saturated heterocycles. The maximum absolute atomic E-state index is 12.8. The highest BCUT2D eigenvalue weighted by Gasteiger charge is 2.25. The largest absolute Gasteiger partial charge is 0.481 e. The van der Waals surface area contributed by atoms with Gasteiger partial charge in [0.1, 0.15) is 5.75 Å². The van der Waals surface area contributed by atoms with Crippen LogP contribution in [0.5, 0.6) is 5.75 Å². The minimum atomic E-state index is -3.50. The summed E-state index contributed by atoms with van der Waals surface area (Å²) in [6.07, 6.45) is 3.25. The van der Waals surface area contributed by atoms with E-state index in [9.17, 15) is 13.2 Å². The van der Waals surface area contributed by atoms with Crippen molar-refractivity contribution in [2.45, 2.75) is 50.5 Å². The molecule has 0 saturated carbocycles. The van der Waals surface area contributed by atoms with Gasteiger partial charge in [-0.3, -0.25) is 4.79 Å². The maximum Gasteiger partial charge on any atom is 0.265 e. The Morgan fingerprint density at radius 2 is 1.55 bits per heavy atom. The Morgan fingerprint density at radius 1 is 0.966 bits per heavy atom. The number of ether oxygens (including phenoxy) is 1. The molecule has 1 heterocycles. The Morgan fingerprint density at radius 3 is 2.14 bits per heavy atom. The van der Waals surface area contributed by atoms with Gasteiger partial charge >= 0.3 is 0 Å². The Bertz CT molecular complexity index is 916. The average molecular weight is 417 g/mol. The Labute approximate surface area is 172 Å². The smallest absolute Gasteiger partial charge is 0.265 e. The lowest BCUT2D eigenvalue weighted by Crippen LogP contribution is -2.32. The molecule has 0 aliphatic carbocycles. The first-order chi connectivity index (χ1) is 13.9. The Balaban J connectivity index is 1.62. The molecular weight excluding hydrogens is 388 g/mol. The van der Waals surface area contributed by atoms with Crippen molar-refractivity contribution in [2.24, 2.45) is 0 Å². The monoisotopic (exact) mass is 416 g/mol. The van der Waals surface area contributed by atoms with Crippen molar-refractivity contribution in [3.8, 4) is 5.75 Å². The molecular formula is C22H28N2O4S. The molecule has 1 N–H and O–H groups in total. The van der Waals surface area contributed by atoms with E-state index in [-0.39, 0.29) is 10.8 Å². The number of aryl methyl sites for hydroxylation is 1. The molecule has 0 radical (unpaired) electrons. The van der Waals surface area contributed by atoms with Gasteiger partial charge < -0.3 is 10.1 Å². The van der Waals surface area contributed by atoms with Gasteiger partial charge in [-0.2, -0.15) is 4.31 Å². The average Bonchev–Trinajstić information content (AvgIpc) is 3.00. The number of anilines is 1. The third-order valence-electron chi connectivity index (χ3n) is 5.03. The zero-order valence-corrected chi connectivity index (χ0v) is 17.7. The normalized spacial score (nSPS) is 16.6. The molecule has 2 aromatic rings. The van der Waals surface area contributed by atoms with Crippen LogP contribution in [0.1, 0.15) is 38.2 Å². The molecule has 1 fully saturated rings. The molecule has 1 amide bonds. The van der Waals surface area contributed by atoms with Crippen LogP contribution in [0.15, 0.2) is 53.4 Å².